The topological polar surface area (TPSA) is 77.1 Å². The minimum absolute atomic E-state index is 0.0633. The summed E-state index contributed by atoms with van der Waals surface area (Å²) in [5.41, 5.74) is 3.42. The van der Waals surface area contributed by atoms with Gasteiger partial charge in [0.05, 0.1) is 27.9 Å². The molecule has 30 heavy (non-hydrogen) atoms. The molecular weight excluding hydrogens is 384 g/mol. The lowest BCUT2D eigenvalue weighted by atomic mass is 10.1. The van der Waals surface area contributed by atoms with Gasteiger partial charge < -0.3 is 24.4 Å². The number of benzene rings is 2. The monoisotopic (exact) mass is 412 g/mol. The molecule has 0 saturated carbocycles. The molecule has 0 atom stereocenters. The molecule has 7 nitrogen and oxygen atoms in total. The molecule has 1 N–H and O–H groups in total. The minimum Gasteiger partial charge on any atom is -0.493 e. The minimum atomic E-state index is -0.305. The summed E-state index contributed by atoms with van der Waals surface area (Å²) in [5, 5.41) is 2.88. The van der Waals surface area contributed by atoms with Crippen molar-refractivity contribution in [2.75, 3.05) is 40.2 Å². The van der Waals surface area contributed by atoms with Gasteiger partial charge in [0.1, 0.15) is 0 Å². The predicted molar refractivity (Wildman–Crippen MR) is 117 cm³/mol. The molecule has 0 aromatic heterocycles. The number of amides is 2. The van der Waals surface area contributed by atoms with E-state index < -0.39 is 0 Å². The molecule has 0 aliphatic heterocycles. The second kappa shape index (κ2) is 10.3. The number of carbonyl (C=O) groups is 2. The first-order valence-corrected chi connectivity index (χ1v) is 9.40. The van der Waals surface area contributed by atoms with Crippen LogP contribution in [0.4, 0.5) is 5.69 Å². The standard InChI is InChI=1S/C23H28N2O5/c1-15-8-7-9-16(2)22(15)24-20(26)14-25(3)21(27)11-10-17-12-18(28-4)23(30-6)19(13-17)29-5/h7-13H,14H2,1-6H3,(H,24,26)/b11-10+. The van der Waals surface area contributed by atoms with E-state index in [2.05, 4.69) is 5.32 Å². The molecule has 0 spiro atoms. The van der Waals surface area contributed by atoms with E-state index in [9.17, 15) is 9.59 Å². The van der Waals surface area contributed by atoms with E-state index in [4.69, 9.17) is 14.2 Å². The van der Waals surface area contributed by atoms with E-state index in [1.165, 1.54) is 32.3 Å². The van der Waals surface area contributed by atoms with Gasteiger partial charge >= 0.3 is 0 Å². The van der Waals surface area contributed by atoms with Crippen molar-refractivity contribution in [3.63, 3.8) is 0 Å². The van der Waals surface area contributed by atoms with Crippen molar-refractivity contribution in [3.05, 3.63) is 53.1 Å². The fourth-order valence-electron chi connectivity index (χ4n) is 2.98. The van der Waals surface area contributed by atoms with E-state index in [1.54, 1.807) is 25.3 Å². The Morgan fingerprint density at radius 1 is 1.00 bits per heavy atom. The fraction of sp³-hybridized carbons (Fsp3) is 0.304. The number of aryl methyl sites for hydroxylation is 2. The van der Waals surface area contributed by atoms with Crippen molar-refractivity contribution in [2.24, 2.45) is 0 Å². The maximum atomic E-state index is 12.4. The van der Waals surface area contributed by atoms with Gasteiger partial charge in [-0.05, 0) is 48.7 Å². The highest BCUT2D eigenvalue weighted by Crippen LogP contribution is 2.38. The van der Waals surface area contributed by atoms with Crippen LogP contribution < -0.4 is 19.5 Å². The molecule has 0 saturated heterocycles. The van der Waals surface area contributed by atoms with Crippen molar-refractivity contribution >= 4 is 23.6 Å². The van der Waals surface area contributed by atoms with Crippen LogP contribution >= 0.6 is 0 Å². The average molecular weight is 412 g/mol. The number of carbonyl (C=O) groups excluding carboxylic acids is 2. The van der Waals surface area contributed by atoms with Gasteiger partial charge in [0.25, 0.3) is 0 Å². The zero-order chi connectivity index (χ0) is 22.3. The number of anilines is 1. The maximum absolute atomic E-state index is 12.4. The van der Waals surface area contributed by atoms with Crippen LogP contribution in [-0.2, 0) is 9.59 Å². The van der Waals surface area contributed by atoms with Crippen molar-refractivity contribution < 1.29 is 23.8 Å². The van der Waals surface area contributed by atoms with Crippen LogP contribution in [0.1, 0.15) is 16.7 Å². The molecule has 2 aromatic carbocycles. The molecule has 2 aromatic rings. The van der Waals surface area contributed by atoms with Gasteiger partial charge in [-0.2, -0.15) is 0 Å². The van der Waals surface area contributed by atoms with E-state index in [-0.39, 0.29) is 18.4 Å². The first-order valence-electron chi connectivity index (χ1n) is 9.40. The molecule has 0 bridgehead atoms. The fourth-order valence-corrected chi connectivity index (χ4v) is 2.98. The first kappa shape index (κ1) is 22.8. The van der Waals surface area contributed by atoms with Crippen LogP contribution in [0.15, 0.2) is 36.4 Å². The van der Waals surface area contributed by atoms with Crippen LogP contribution in [0.5, 0.6) is 17.2 Å². The Hall–Kier alpha value is -3.48. The lowest BCUT2D eigenvalue weighted by molar-refractivity contribution is -0.129. The molecule has 160 valence electrons. The third-order valence-electron chi connectivity index (χ3n) is 4.61. The van der Waals surface area contributed by atoms with E-state index >= 15 is 0 Å². The Morgan fingerprint density at radius 2 is 1.57 bits per heavy atom. The number of nitrogens with zero attached hydrogens (tertiary/aromatic N) is 1. The second-order valence-corrected chi connectivity index (χ2v) is 6.80. The Bertz CT molecular complexity index is 907. The molecule has 0 unspecified atom stereocenters. The molecule has 0 fully saturated rings. The van der Waals surface area contributed by atoms with E-state index in [0.717, 1.165) is 16.8 Å². The van der Waals surface area contributed by atoms with Gasteiger partial charge in [0, 0.05) is 18.8 Å². The molecule has 7 heteroatoms. The third kappa shape index (κ3) is 5.53. The summed E-state index contributed by atoms with van der Waals surface area (Å²) in [6.45, 7) is 3.79. The second-order valence-electron chi connectivity index (χ2n) is 6.80. The summed E-state index contributed by atoms with van der Waals surface area (Å²) in [6.07, 6.45) is 3.03. The largest absolute Gasteiger partial charge is 0.493 e. The van der Waals surface area contributed by atoms with Crippen molar-refractivity contribution in [3.8, 4) is 17.2 Å². The number of nitrogens with one attached hydrogen (secondary N) is 1. The lowest BCUT2D eigenvalue weighted by Gasteiger charge is -2.17. The molecule has 0 radical (unpaired) electrons. The van der Waals surface area contributed by atoms with Gasteiger partial charge in [-0.15, -0.1) is 0 Å². The predicted octanol–water partition coefficient (Wildman–Crippen LogP) is 3.44. The smallest absolute Gasteiger partial charge is 0.246 e. The highest BCUT2D eigenvalue weighted by atomic mass is 16.5. The third-order valence-corrected chi connectivity index (χ3v) is 4.61. The van der Waals surface area contributed by atoms with Crippen LogP contribution in [0, 0.1) is 13.8 Å². The van der Waals surface area contributed by atoms with Crippen LogP contribution in [-0.4, -0.2) is 51.6 Å². The molecular formula is C23H28N2O5. The Kier molecular flexibility index (Phi) is 7.86. The molecule has 0 heterocycles. The van der Waals surface area contributed by atoms with Crippen LogP contribution in [0.2, 0.25) is 0 Å². The maximum Gasteiger partial charge on any atom is 0.246 e. The number of para-hydroxylation sites is 1. The number of likely N-dealkylation sites (N-methyl/N-ethyl adjacent to an activating group) is 1. The molecule has 0 aliphatic carbocycles. The molecule has 2 rings (SSSR count). The molecule has 0 aliphatic rings. The summed E-state index contributed by atoms with van der Waals surface area (Å²) in [6, 6.07) is 9.26. The van der Waals surface area contributed by atoms with Crippen molar-refractivity contribution in [1.29, 1.82) is 0 Å². The molecule has 2 amide bonds. The lowest BCUT2D eigenvalue weighted by Crippen LogP contribution is -2.34. The number of ether oxygens (including phenoxy) is 3. The normalized spacial score (nSPS) is 10.6. The SMILES string of the molecule is COc1cc(/C=C/C(=O)N(C)CC(=O)Nc2c(C)cccc2C)cc(OC)c1OC. The van der Waals surface area contributed by atoms with Gasteiger partial charge in [0.2, 0.25) is 17.6 Å². The Balaban J connectivity index is 2.06. The highest BCUT2D eigenvalue weighted by molar-refractivity contribution is 5.98. The average Bonchev–Trinajstić information content (AvgIpc) is 2.73. The van der Waals surface area contributed by atoms with E-state index in [0.29, 0.717) is 22.8 Å². The number of hydrogen-bond acceptors (Lipinski definition) is 5. The van der Waals surface area contributed by atoms with Crippen LogP contribution in [0.25, 0.3) is 6.08 Å². The summed E-state index contributed by atoms with van der Waals surface area (Å²) in [4.78, 5) is 26.2. The number of methoxy groups -OCH3 is 3. The zero-order valence-corrected chi connectivity index (χ0v) is 18.2. The summed E-state index contributed by atoms with van der Waals surface area (Å²) in [5.74, 6) is 0.893. The van der Waals surface area contributed by atoms with Crippen molar-refractivity contribution in [2.45, 2.75) is 13.8 Å². The van der Waals surface area contributed by atoms with Gasteiger partial charge in [0.15, 0.2) is 11.5 Å². The quantitative estimate of drug-likeness (QED) is 0.672. The van der Waals surface area contributed by atoms with Gasteiger partial charge in [-0.3, -0.25) is 9.59 Å². The Labute approximate surface area is 177 Å². The number of hydrogen-bond donors (Lipinski definition) is 1. The van der Waals surface area contributed by atoms with Gasteiger partial charge in [-0.1, -0.05) is 18.2 Å². The summed E-state index contributed by atoms with van der Waals surface area (Å²) in [7, 11) is 6.15. The van der Waals surface area contributed by atoms with E-state index in [1.807, 2.05) is 32.0 Å². The zero-order valence-electron chi connectivity index (χ0n) is 18.2. The first-order chi connectivity index (χ1) is 14.3. The summed E-state index contributed by atoms with van der Waals surface area (Å²) >= 11 is 0. The highest BCUT2D eigenvalue weighted by Gasteiger charge is 2.14. The van der Waals surface area contributed by atoms with Crippen LogP contribution in [0.3, 0.4) is 0 Å². The number of rotatable bonds is 8. The van der Waals surface area contributed by atoms with Gasteiger partial charge in [-0.25, -0.2) is 0 Å². The Morgan fingerprint density at radius 3 is 2.07 bits per heavy atom. The van der Waals surface area contributed by atoms with Crippen molar-refractivity contribution in [1.82, 2.24) is 4.90 Å². The summed E-state index contributed by atoms with van der Waals surface area (Å²) < 4.78 is 15.9.